The number of amidine groups is 1. The van der Waals surface area contributed by atoms with E-state index in [1.807, 2.05) is 24.3 Å². The van der Waals surface area contributed by atoms with Crippen LogP contribution < -0.4 is 0 Å². The van der Waals surface area contributed by atoms with Crippen LogP contribution in [-0.2, 0) is 13.1 Å². The Morgan fingerprint density at radius 3 is 2.21 bits per heavy atom. The molecule has 2 aromatic carbocycles. The molecule has 0 spiro atoms. The molecular formula is C23H31FN3S+. The van der Waals surface area contributed by atoms with Crippen molar-refractivity contribution in [3.63, 3.8) is 0 Å². The number of quaternary nitrogens is 1. The molecule has 0 fully saturated rings. The van der Waals surface area contributed by atoms with Crippen molar-refractivity contribution >= 4 is 16.9 Å². The molecule has 0 unspecified atom stereocenters. The van der Waals surface area contributed by atoms with E-state index in [4.69, 9.17) is 4.99 Å². The molecule has 150 valence electrons. The van der Waals surface area contributed by atoms with Gasteiger partial charge in [0.15, 0.2) is 5.17 Å². The Labute approximate surface area is 173 Å². The smallest absolute Gasteiger partial charge is 0.160 e. The highest BCUT2D eigenvalue weighted by molar-refractivity contribution is 8.13. The second kappa shape index (κ2) is 11.0. The lowest BCUT2D eigenvalue weighted by Gasteiger charge is -2.28. The molecular weight excluding hydrogens is 369 g/mol. The highest BCUT2D eigenvalue weighted by Gasteiger charge is 2.16. The first-order valence-electron chi connectivity index (χ1n) is 9.49. The zero-order chi connectivity index (χ0) is 20.4. The molecule has 28 heavy (non-hydrogen) atoms. The van der Waals surface area contributed by atoms with Crippen LogP contribution in [0.15, 0.2) is 72.2 Å². The third-order valence-electron chi connectivity index (χ3n) is 4.12. The van der Waals surface area contributed by atoms with Crippen molar-refractivity contribution in [2.45, 2.75) is 13.1 Å². The van der Waals surface area contributed by atoms with Crippen molar-refractivity contribution < 1.29 is 8.87 Å². The summed E-state index contributed by atoms with van der Waals surface area (Å²) in [6.45, 7) is 6.88. The zero-order valence-corrected chi connectivity index (χ0v) is 18.0. The summed E-state index contributed by atoms with van der Waals surface area (Å²) in [5.41, 5.74) is 2.29. The maximum absolute atomic E-state index is 13.3. The second-order valence-corrected chi connectivity index (χ2v) is 8.80. The number of nitrogens with zero attached hydrogens (tertiary/aromatic N) is 3. The van der Waals surface area contributed by atoms with Gasteiger partial charge in [0.1, 0.15) is 5.82 Å². The van der Waals surface area contributed by atoms with Gasteiger partial charge in [-0.15, -0.1) is 6.58 Å². The Bertz CT molecular complexity index is 752. The van der Waals surface area contributed by atoms with Crippen LogP contribution in [0, 0.1) is 5.82 Å². The molecule has 0 N–H and O–H groups in total. The normalized spacial score (nSPS) is 12.1. The van der Waals surface area contributed by atoms with Crippen LogP contribution in [0.5, 0.6) is 0 Å². The van der Waals surface area contributed by atoms with Crippen LogP contribution in [-0.4, -0.2) is 54.5 Å². The SMILES string of the molecule is C=CCN=C(SCC[N+](C)(C)C)N(Cc1ccccc1)Cc1ccc(F)cc1. The molecule has 0 bridgehead atoms. The molecule has 0 atom stereocenters. The maximum atomic E-state index is 13.3. The molecule has 0 amide bonds. The van der Waals surface area contributed by atoms with Crippen molar-refractivity contribution in [1.82, 2.24) is 4.90 Å². The summed E-state index contributed by atoms with van der Waals surface area (Å²) < 4.78 is 14.2. The van der Waals surface area contributed by atoms with Gasteiger partial charge in [0.25, 0.3) is 0 Å². The predicted molar refractivity (Wildman–Crippen MR) is 120 cm³/mol. The molecule has 3 nitrogen and oxygen atoms in total. The number of hydrogen-bond donors (Lipinski definition) is 0. The molecule has 0 aromatic heterocycles. The first kappa shape index (κ1) is 22.2. The van der Waals surface area contributed by atoms with Gasteiger partial charge in [-0.05, 0) is 23.3 Å². The number of rotatable bonds is 9. The Balaban J connectivity index is 2.22. The van der Waals surface area contributed by atoms with Gasteiger partial charge in [-0.3, -0.25) is 4.99 Å². The molecule has 0 radical (unpaired) electrons. The molecule has 0 saturated heterocycles. The first-order chi connectivity index (χ1) is 13.4. The highest BCUT2D eigenvalue weighted by atomic mass is 32.2. The van der Waals surface area contributed by atoms with Crippen LogP contribution in [0.2, 0.25) is 0 Å². The van der Waals surface area contributed by atoms with Gasteiger partial charge < -0.3 is 9.38 Å². The number of benzene rings is 2. The average Bonchev–Trinajstić information content (AvgIpc) is 2.66. The quantitative estimate of drug-likeness (QED) is 0.260. The minimum Gasteiger partial charge on any atom is -0.343 e. The van der Waals surface area contributed by atoms with E-state index in [1.165, 1.54) is 17.7 Å². The summed E-state index contributed by atoms with van der Waals surface area (Å²) in [5.74, 6) is 0.769. The van der Waals surface area contributed by atoms with Gasteiger partial charge in [0.2, 0.25) is 0 Å². The monoisotopic (exact) mass is 400 g/mol. The van der Waals surface area contributed by atoms with Crippen molar-refractivity contribution in [2.75, 3.05) is 40.0 Å². The van der Waals surface area contributed by atoms with Gasteiger partial charge in [-0.25, -0.2) is 4.39 Å². The minimum absolute atomic E-state index is 0.212. The van der Waals surface area contributed by atoms with Gasteiger partial charge in [0.05, 0.1) is 40.0 Å². The van der Waals surface area contributed by atoms with Crippen molar-refractivity contribution in [3.05, 3.63) is 84.2 Å². The predicted octanol–water partition coefficient (Wildman–Crippen LogP) is 4.81. The van der Waals surface area contributed by atoms with Gasteiger partial charge in [-0.1, -0.05) is 60.3 Å². The van der Waals surface area contributed by atoms with Crippen LogP contribution in [0.3, 0.4) is 0 Å². The Kier molecular flexibility index (Phi) is 8.74. The lowest BCUT2D eigenvalue weighted by Crippen LogP contribution is -2.37. The Morgan fingerprint density at radius 2 is 1.64 bits per heavy atom. The lowest BCUT2D eigenvalue weighted by molar-refractivity contribution is -0.867. The Hall–Kier alpha value is -2.11. The van der Waals surface area contributed by atoms with Crippen LogP contribution in [0.25, 0.3) is 0 Å². The summed E-state index contributed by atoms with van der Waals surface area (Å²) in [5, 5.41) is 1.00. The van der Waals surface area contributed by atoms with Crippen molar-refractivity contribution in [1.29, 1.82) is 0 Å². The summed E-state index contributed by atoms with van der Waals surface area (Å²) >= 11 is 1.78. The van der Waals surface area contributed by atoms with E-state index in [0.29, 0.717) is 13.1 Å². The van der Waals surface area contributed by atoms with E-state index in [2.05, 4.69) is 56.9 Å². The van der Waals surface area contributed by atoms with E-state index in [9.17, 15) is 4.39 Å². The van der Waals surface area contributed by atoms with E-state index in [-0.39, 0.29) is 5.82 Å². The van der Waals surface area contributed by atoms with Crippen LogP contribution in [0.4, 0.5) is 4.39 Å². The summed E-state index contributed by atoms with van der Waals surface area (Å²) in [7, 11) is 6.59. The Morgan fingerprint density at radius 1 is 1.04 bits per heavy atom. The first-order valence-corrected chi connectivity index (χ1v) is 10.5. The number of aliphatic imine (C=N–C) groups is 1. The number of thioether (sulfide) groups is 1. The van der Waals surface area contributed by atoms with Gasteiger partial charge in [-0.2, -0.15) is 0 Å². The average molecular weight is 401 g/mol. The highest BCUT2D eigenvalue weighted by Crippen LogP contribution is 2.18. The molecule has 0 aliphatic carbocycles. The van der Waals surface area contributed by atoms with Crippen molar-refractivity contribution in [2.24, 2.45) is 4.99 Å². The second-order valence-electron chi connectivity index (χ2n) is 7.74. The maximum Gasteiger partial charge on any atom is 0.160 e. The zero-order valence-electron chi connectivity index (χ0n) is 17.1. The molecule has 0 saturated carbocycles. The molecule has 0 aliphatic rings. The third kappa shape index (κ3) is 8.28. The fourth-order valence-corrected chi connectivity index (χ4v) is 3.89. The number of hydrogen-bond acceptors (Lipinski definition) is 2. The molecule has 0 heterocycles. The fraction of sp³-hybridized carbons (Fsp3) is 0.348. The molecule has 2 rings (SSSR count). The summed E-state index contributed by atoms with van der Waals surface area (Å²) in [6.07, 6.45) is 1.82. The van der Waals surface area contributed by atoms with E-state index >= 15 is 0 Å². The van der Waals surface area contributed by atoms with E-state index in [0.717, 1.165) is 34.1 Å². The third-order valence-corrected chi connectivity index (χ3v) is 5.15. The van der Waals surface area contributed by atoms with E-state index < -0.39 is 0 Å². The largest absolute Gasteiger partial charge is 0.343 e. The van der Waals surface area contributed by atoms with Crippen molar-refractivity contribution in [3.8, 4) is 0 Å². The van der Waals surface area contributed by atoms with E-state index in [1.54, 1.807) is 11.8 Å². The molecule has 0 aliphatic heterocycles. The number of halogens is 1. The fourth-order valence-electron chi connectivity index (χ4n) is 2.60. The van der Waals surface area contributed by atoms with Gasteiger partial charge in [0, 0.05) is 13.1 Å². The topological polar surface area (TPSA) is 15.6 Å². The standard InChI is InChI=1S/C23H31FN3S/c1-5-15-25-23(28-17-16-27(2,3)4)26(18-20-9-7-6-8-10-20)19-21-11-13-22(24)14-12-21/h5-14H,1,15-19H2,2-4H3/q+1. The summed E-state index contributed by atoms with van der Waals surface area (Å²) in [4.78, 5) is 7.05. The lowest BCUT2D eigenvalue weighted by atomic mass is 10.2. The molecule has 2 aromatic rings. The minimum atomic E-state index is -0.212. The summed E-state index contributed by atoms with van der Waals surface area (Å²) in [6, 6.07) is 17.1. The molecule has 5 heteroatoms. The van der Waals surface area contributed by atoms with Crippen LogP contribution >= 0.6 is 11.8 Å². The van der Waals surface area contributed by atoms with Crippen LogP contribution in [0.1, 0.15) is 11.1 Å². The van der Waals surface area contributed by atoms with Gasteiger partial charge >= 0.3 is 0 Å².